The molecule has 1 aliphatic heterocycles. The van der Waals surface area contributed by atoms with E-state index in [1.165, 1.54) is 10.5 Å². The summed E-state index contributed by atoms with van der Waals surface area (Å²) in [5.74, 6) is 0. The molecule has 122 valence electrons. The van der Waals surface area contributed by atoms with E-state index in [0.29, 0.717) is 31.1 Å². The Balaban J connectivity index is 1.75. The van der Waals surface area contributed by atoms with Gasteiger partial charge in [0.05, 0.1) is 12.7 Å². The predicted molar refractivity (Wildman–Crippen MR) is 87.9 cm³/mol. The fourth-order valence-corrected chi connectivity index (χ4v) is 4.23. The highest BCUT2D eigenvalue weighted by Gasteiger charge is 2.31. The Kier molecular flexibility index (Phi) is 4.96. The Bertz CT molecular complexity index is 768. The van der Waals surface area contributed by atoms with Crippen molar-refractivity contribution in [3.63, 3.8) is 0 Å². The zero-order valence-corrected chi connectivity index (χ0v) is 14.0. The van der Waals surface area contributed by atoms with Crippen molar-refractivity contribution in [1.82, 2.24) is 9.29 Å². The Morgan fingerprint density at radius 3 is 2.83 bits per heavy atom. The van der Waals surface area contributed by atoms with Crippen molar-refractivity contribution < 1.29 is 13.2 Å². The normalized spacial score (nSPS) is 19.6. The first-order valence-corrected chi connectivity index (χ1v) is 9.14. The molecule has 0 unspecified atom stereocenters. The number of nitrogens with zero attached hydrogens (tertiary/aromatic N) is 2. The van der Waals surface area contributed by atoms with Gasteiger partial charge >= 0.3 is 0 Å². The molecular formula is C16H17ClN2O3S. The Morgan fingerprint density at radius 2 is 2.09 bits per heavy atom. The van der Waals surface area contributed by atoms with Gasteiger partial charge < -0.3 is 4.74 Å². The quantitative estimate of drug-likeness (QED) is 0.847. The molecule has 5 nitrogen and oxygen atoms in total. The Hall–Kier alpha value is -1.47. The average molecular weight is 353 g/mol. The maximum atomic E-state index is 12.7. The lowest BCUT2D eigenvalue weighted by Crippen LogP contribution is -2.46. The van der Waals surface area contributed by atoms with Gasteiger partial charge in [-0.15, -0.1) is 0 Å². The number of pyridine rings is 1. The molecule has 1 fully saturated rings. The third kappa shape index (κ3) is 3.72. The van der Waals surface area contributed by atoms with Gasteiger partial charge in [-0.05, 0) is 23.8 Å². The summed E-state index contributed by atoms with van der Waals surface area (Å²) in [6.45, 7) is 1.02. The van der Waals surface area contributed by atoms with Crippen LogP contribution in [0.4, 0.5) is 0 Å². The summed E-state index contributed by atoms with van der Waals surface area (Å²) in [6, 6.07) is 10.7. The number of sulfonamides is 1. The summed E-state index contributed by atoms with van der Waals surface area (Å²) in [4.78, 5) is 4.10. The van der Waals surface area contributed by atoms with Crippen molar-refractivity contribution in [2.24, 2.45) is 0 Å². The van der Waals surface area contributed by atoms with Gasteiger partial charge in [-0.2, -0.15) is 4.31 Å². The molecule has 2 aromatic rings. The molecule has 0 aliphatic carbocycles. The second kappa shape index (κ2) is 6.97. The van der Waals surface area contributed by atoms with Crippen molar-refractivity contribution in [2.45, 2.75) is 17.4 Å². The standard InChI is InChI=1S/C16H17ClN2O3S/c17-16-6-2-1-4-13(16)10-14-12-19(8-9-22-14)23(20,21)15-5-3-7-18-11-15/h1-7,11,14H,8-10,12H2/t14-/m0/s1. The van der Waals surface area contributed by atoms with E-state index < -0.39 is 10.0 Å². The van der Waals surface area contributed by atoms with E-state index in [1.807, 2.05) is 24.3 Å². The van der Waals surface area contributed by atoms with E-state index in [2.05, 4.69) is 4.98 Å². The molecule has 1 aromatic carbocycles. The van der Waals surface area contributed by atoms with E-state index in [1.54, 1.807) is 18.3 Å². The minimum absolute atomic E-state index is 0.207. The summed E-state index contributed by atoms with van der Waals surface area (Å²) < 4.78 is 32.5. The van der Waals surface area contributed by atoms with Crippen LogP contribution in [-0.2, 0) is 21.2 Å². The van der Waals surface area contributed by atoms with Crippen LogP contribution in [0.2, 0.25) is 5.02 Å². The highest BCUT2D eigenvalue weighted by molar-refractivity contribution is 7.89. The van der Waals surface area contributed by atoms with Gasteiger partial charge in [0.1, 0.15) is 4.90 Å². The number of hydrogen-bond donors (Lipinski definition) is 0. The molecule has 3 rings (SSSR count). The van der Waals surface area contributed by atoms with Crippen LogP contribution in [0.25, 0.3) is 0 Å². The largest absolute Gasteiger partial charge is 0.375 e. The fourth-order valence-electron chi connectivity index (χ4n) is 2.59. The van der Waals surface area contributed by atoms with E-state index >= 15 is 0 Å². The zero-order valence-electron chi connectivity index (χ0n) is 12.4. The van der Waals surface area contributed by atoms with Crippen LogP contribution in [0.1, 0.15) is 5.56 Å². The van der Waals surface area contributed by atoms with Crippen molar-refractivity contribution in [3.05, 3.63) is 59.4 Å². The molecule has 7 heteroatoms. The molecule has 0 bridgehead atoms. The molecule has 2 heterocycles. The molecular weight excluding hydrogens is 336 g/mol. The fraction of sp³-hybridized carbons (Fsp3) is 0.312. The number of morpholine rings is 1. The summed E-state index contributed by atoms with van der Waals surface area (Å²) in [7, 11) is -3.54. The van der Waals surface area contributed by atoms with Crippen molar-refractivity contribution in [3.8, 4) is 0 Å². The van der Waals surface area contributed by atoms with Crippen LogP contribution < -0.4 is 0 Å². The molecule has 0 N–H and O–H groups in total. The Morgan fingerprint density at radius 1 is 1.26 bits per heavy atom. The van der Waals surface area contributed by atoms with E-state index in [9.17, 15) is 8.42 Å². The molecule has 1 saturated heterocycles. The first-order chi connectivity index (χ1) is 11.1. The number of ether oxygens (including phenoxy) is 1. The first-order valence-electron chi connectivity index (χ1n) is 7.32. The summed E-state index contributed by atoms with van der Waals surface area (Å²) >= 11 is 6.17. The summed E-state index contributed by atoms with van der Waals surface area (Å²) in [5, 5.41) is 0.670. The van der Waals surface area contributed by atoms with E-state index in [0.717, 1.165) is 5.56 Å². The van der Waals surface area contributed by atoms with Crippen LogP contribution in [0, 0.1) is 0 Å². The van der Waals surface area contributed by atoms with E-state index in [-0.39, 0.29) is 11.0 Å². The van der Waals surface area contributed by atoms with Crippen molar-refractivity contribution in [1.29, 1.82) is 0 Å². The molecule has 0 spiro atoms. The number of aromatic nitrogens is 1. The topological polar surface area (TPSA) is 59.5 Å². The third-order valence-electron chi connectivity index (χ3n) is 3.78. The van der Waals surface area contributed by atoms with Gasteiger partial charge in [0.2, 0.25) is 10.0 Å². The summed E-state index contributed by atoms with van der Waals surface area (Å²) in [6.07, 6.45) is 3.29. The molecule has 0 amide bonds. The second-order valence-corrected chi connectivity index (χ2v) is 7.69. The number of halogens is 1. The molecule has 1 atom stereocenters. The number of benzene rings is 1. The highest BCUT2D eigenvalue weighted by Crippen LogP contribution is 2.22. The minimum Gasteiger partial charge on any atom is -0.375 e. The SMILES string of the molecule is O=S(=O)(c1cccnc1)N1CCO[C@@H](Cc2ccccc2Cl)C1. The van der Waals surface area contributed by atoms with Gasteiger partial charge in [-0.25, -0.2) is 8.42 Å². The number of hydrogen-bond acceptors (Lipinski definition) is 4. The maximum absolute atomic E-state index is 12.7. The minimum atomic E-state index is -3.54. The highest BCUT2D eigenvalue weighted by atomic mass is 35.5. The molecule has 0 saturated carbocycles. The number of rotatable bonds is 4. The zero-order chi connectivity index (χ0) is 16.3. The van der Waals surface area contributed by atoms with Gasteiger partial charge in [-0.3, -0.25) is 4.98 Å². The third-order valence-corrected chi connectivity index (χ3v) is 6.00. The van der Waals surface area contributed by atoms with Crippen LogP contribution in [0.15, 0.2) is 53.7 Å². The van der Waals surface area contributed by atoms with Crippen molar-refractivity contribution in [2.75, 3.05) is 19.7 Å². The first kappa shape index (κ1) is 16.4. The Labute approximate surface area is 140 Å². The lowest BCUT2D eigenvalue weighted by Gasteiger charge is -2.32. The van der Waals surface area contributed by atoms with Gasteiger partial charge in [-0.1, -0.05) is 29.8 Å². The maximum Gasteiger partial charge on any atom is 0.244 e. The van der Waals surface area contributed by atoms with Crippen LogP contribution in [0.3, 0.4) is 0 Å². The molecule has 23 heavy (non-hydrogen) atoms. The second-order valence-electron chi connectivity index (χ2n) is 5.34. The van der Waals surface area contributed by atoms with Gasteiger partial charge in [0, 0.05) is 36.9 Å². The average Bonchev–Trinajstić information content (AvgIpc) is 2.58. The van der Waals surface area contributed by atoms with E-state index in [4.69, 9.17) is 16.3 Å². The van der Waals surface area contributed by atoms with Gasteiger partial charge in [0.25, 0.3) is 0 Å². The lowest BCUT2D eigenvalue weighted by atomic mass is 10.1. The molecule has 0 radical (unpaired) electrons. The lowest BCUT2D eigenvalue weighted by molar-refractivity contribution is -0.000490. The van der Waals surface area contributed by atoms with Crippen molar-refractivity contribution >= 4 is 21.6 Å². The van der Waals surface area contributed by atoms with Gasteiger partial charge in [0.15, 0.2) is 0 Å². The van der Waals surface area contributed by atoms with Crippen LogP contribution in [-0.4, -0.2) is 43.5 Å². The molecule has 1 aromatic heterocycles. The summed E-state index contributed by atoms with van der Waals surface area (Å²) in [5.41, 5.74) is 0.958. The van der Waals surface area contributed by atoms with Crippen LogP contribution in [0.5, 0.6) is 0 Å². The molecule has 1 aliphatic rings. The smallest absolute Gasteiger partial charge is 0.244 e. The monoisotopic (exact) mass is 352 g/mol. The van der Waals surface area contributed by atoms with Crippen LogP contribution >= 0.6 is 11.6 Å². The predicted octanol–water partition coefficient (Wildman–Crippen LogP) is 2.37.